The molecule has 1 aromatic carbocycles. The van der Waals surface area contributed by atoms with Crippen LogP contribution in [0.3, 0.4) is 0 Å². The van der Waals surface area contributed by atoms with E-state index in [9.17, 15) is 10.2 Å². The quantitative estimate of drug-likeness (QED) is 0.574. The number of hydrogen-bond acceptors (Lipinski definition) is 3. The summed E-state index contributed by atoms with van der Waals surface area (Å²) in [6, 6.07) is 3.60. The molecule has 0 bridgehead atoms. The van der Waals surface area contributed by atoms with Crippen molar-refractivity contribution in [2.45, 2.75) is 25.9 Å². The zero-order valence-electron chi connectivity index (χ0n) is 7.54. The first-order chi connectivity index (χ1) is 6.22. The largest absolute Gasteiger partial charge is 0.504 e. The maximum Gasteiger partial charge on any atom is 0.157 e. The fraction of sp³-hybridized carbons (Fsp3) is 0.400. The number of phenols is 2. The van der Waals surface area contributed by atoms with Crippen LogP contribution in [0.15, 0.2) is 12.1 Å². The molecular weight excluding hydrogens is 166 g/mol. The maximum atomic E-state index is 9.32. The van der Waals surface area contributed by atoms with Crippen LogP contribution in [0.5, 0.6) is 11.5 Å². The summed E-state index contributed by atoms with van der Waals surface area (Å²) in [5.41, 5.74) is 2.19. The molecule has 0 aromatic heterocycles. The van der Waals surface area contributed by atoms with Crippen molar-refractivity contribution >= 4 is 0 Å². The fourth-order valence-electron chi connectivity index (χ4n) is 1.82. The molecule has 0 aliphatic carbocycles. The van der Waals surface area contributed by atoms with Gasteiger partial charge in [-0.25, -0.2) is 0 Å². The molecule has 3 heteroatoms. The summed E-state index contributed by atoms with van der Waals surface area (Å²) in [6.07, 6.45) is 0.997. The second-order valence-corrected chi connectivity index (χ2v) is 3.38. The lowest BCUT2D eigenvalue weighted by Crippen LogP contribution is -2.10. The van der Waals surface area contributed by atoms with Gasteiger partial charge in [-0.3, -0.25) is 0 Å². The lowest BCUT2D eigenvalue weighted by atomic mass is 10.0. The molecular formula is C10H13NO2. The Bertz CT molecular complexity index is 336. The van der Waals surface area contributed by atoms with Gasteiger partial charge < -0.3 is 15.5 Å². The van der Waals surface area contributed by atoms with Gasteiger partial charge in [0.15, 0.2) is 11.5 Å². The Kier molecular flexibility index (Phi) is 1.88. The number of rotatable bonds is 1. The van der Waals surface area contributed by atoms with Gasteiger partial charge in [-0.2, -0.15) is 0 Å². The minimum atomic E-state index is -0.0303. The third kappa shape index (κ3) is 1.25. The number of nitrogens with one attached hydrogen (secondary N) is 1. The molecule has 2 rings (SSSR count). The number of phenolic OH excluding ortho intramolecular Hbond substituents is 2. The Morgan fingerprint density at radius 1 is 1.38 bits per heavy atom. The molecule has 0 fully saturated rings. The van der Waals surface area contributed by atoms with Crippen molar-refractivity contribution in [1.29, 1.82) is 0 Å². The van der Waals surface area contributed by atoms with E-state index in [1.54, 1.807) is 12.1 Å². The average Bonchev–Trinajstić information content (AvgIpc) is 2.48. The molecule has 70 valence electrons. The average molecular weight is 179 g/mol. The van der Waals surface area contributed by atoms with Gasteiger partial charge in [0, 0.05) is 12.6 Å². The molecule has 3 nitrogen and oxygen atoms in total. The smallest absolute Gasteiger partial charge is 0.157 e. The van der Waals surface area contributed by atoms with Gasteiger partial charge in [-0.1, -0.05) is 6.92 Å². The van der Waals surface area contributed by atoms with Crippen LogP contribution in [0, 0.1) is 0 Å². The summed E-state index contributed by atoms with van der Waals surface area (Å²) >= 11 is 0. The van der Waals surface area contributed by atoms with Gasteiger partial charge in [0.05, 0.1) is 0 Å². The van der Waals surface area contributed by atoms with Gasteiger partial charge in [-0.15, -0.1) is 0 Å². The molecule has 1 aliphatic rings. The minimum absolute atomic E-state index is 0.0269. The molecule has 13 heavy (non-hydrogen) atoms. The van der Waals surface area contributed by atoms with Crippen LogP contribution >= 0.6 is 0 Å². The predicted molar refractivity (Wildman–Crippen MR) is 49.6 cm³/mol. The van der Waals surface area contributed by atoms with E-state index >= 15 is 0 Å². The lowest BCUT2D eigenvalue weighted by Gasteiger charge is -2.08. The first-order valence-corrected chi connectivity index (χ1v) is 4.50. The van der Waals surface area contributed by atoms with E-state index in [1.807, 2.05) is 0 Å². The molecule has 0 saturated heterocycles. The van der Waals surface area contributed by atoms with Crippen molar-refractivity contribution in [3.63, 3.8) is 0 Å². The highest BCUT2D eigenvalue weighted by atomic mass is 16.3. The summed E-state index contributed by atoms with van der Waals surface area (Å²) in [7, 11) is 0. The first kappa shape index (κ1) is 8.38. The summed E-state index contributed by atoms with van der Waals surface area (Å²) < 4.78 is 0. The van der Waals surface area contributed by atoms with Crippen molar-refractivity contribution in [2.75, 3.05) is 0 Å². The van der Waals surface area contributed by atoms with Crippen molar-refractivity contribution in [2.24, 2.45) is 0 Å². The molecule has 1 unspecified atom stereocenters. The van der Waals surface area contributed by atoms with Crippen LogP contribution in [-0.4, -0.2) is 10.2 Å². The molecule has 0 saturated carbocycles. The van der Waals surface area contributed by atoms with Crippen LogP contribution in [0.2, 0.25) is 0 Å². The van der Waals surface area contributed by atoms with Gasteiger partial charge in [-0.05, 0) is 29.7 Å². The Labute approximate surface area is 77.0 Å². The highest BCUT2D eigenvalue weighted by molar-refractivity contribution is 5.48. The Morgan fingerprint density at radius 3 is 2.77 bits per heavy atom. The van der Waals surface area contributed by atoms with E-state index < -0.39 is 0 Å². The molecule has 1 aliphatic heterocycles. The van der Waals surface area contributed by atoms with Crippen LogP contribution in [0.25, 0.3) is 0 Å². The molecule has 1 heterocycles. The van der Waals surface area contributed by atoms with E-state index in [2.05, 4.69) is 12.2 Å². The minimum Gasteiger partial charge on any atom is -0.504 e. The van der Waals surface area contributed by atoms with Crippen molar-refractivity contribution in [1.82, 2.24) is 5.32 Å². The van der Waals surface area contributed by atoms with Gasteiger partial charge in [0.25, 0.3) is 0 Å². The third-order valence-electron chi connectivity index (χ3n) is 2.56. The molecule has 0 radical (unpaired) electrons. The molecule has 1 aromatic rings. The summed E-state index contributed by atoms with van der Waals surface area (Å²) in [4.78, 5) is 0. The second kappa shape index (κ2) is 2.92. The van der Waals surface area contributed by atoms with E-state index in [4.69, 9.17) is 0 Å². The molecule has 1 atom stereocenters. The van der Waals surface area contributed by atoms with E-state index in [-0.39, 0.29) is 11.5 Å². The zero-order chi connectivity index (χ0) is 9.42. The fourth-order valence-corrected chi connectivity index (χ4v) is 1.82. The van der Waals surface area contributed by atoms with E-state index in [0.29, 0.717) is 6.04 Å². The summed E-state index contributed by atoms with van der Waals surface area (Å²) in [5, 5.41) is 21.9. The van der Waals surface area contributed by atoms with Crippen LogP contribution < -0.4 is 5.32 Å². The predicted octanol–water partition coefficient (Wildman–Crippen LogP) is 1.65. The maximum absolute atomic E-state index is 9.32. The van der Waals surface area contributed by atoms with Crippen LogP contribution in [-0.2, 0) is 6.54 Å². The summed E-state index contributed by atoms with van der Waals surface area (Å²) in [6.45, 7) is 2.87. The lowest BCUT2D eigenvalue weighted by molar-refractivity contribution is 0.402. The summed E-state index contributed by atoms with van der Waals surface area (Å²) in [5.74, 6) is -0.0572. The molecule has 0 spiro atoms. The van der Waals surface area contributed by atoms with Gasteiger partial charge >= 0.3 is 0 Å². The monoisotopic (exact) mass is 179 g/mol. The SMILES string of the molecule is CCC1NCc2cc(O)c(O)cc21. The van der Waals surface area contributed by atoms with Gasteiger partial charge in [0.1, 0.15) is 0 Å². The van der Waals surface area contributed by atoms with E-state index in [1.165, 1.54) is 0 Å². The van der Waals surface area contributed by atoms with Crippen LogP contribution in [0.4, 0.5) is 0 Å². The van der Waals surface area contributed by atoms with Crippen molar-refractivity contribution < 1.29 is 10.2 Å². The Balaban J connectivity index is 2.47. The van der Waals surface area contributed by atoms with E-state index in [0.717, 1.165) is 24.1 Å². The topological polar surface area (TPSA) is 52.5 Å². The Morgan fingerprint density at radius 2 is 2.08 bits per heavy atom. The third-order valence-corrected chi connectivity index (χ3v) is 2.56. The number of benzene rings is 1. The van der Waals surface area contributed by atoms with Gasteiger partial charge in [0.2, 0.25) is 0 Å². The second-order valence-electron chi connectivity index (χ2n) is 3.38. The number of aromatic hydroxyl groups is 2. The molecule has 3 N–H and O–H groups in total. The van der Waals surface area contributed by atoms with Crippen molar-refractivity contribution in [3.8, 4) is 11.5 Å². The number of hydrogen-bond donors (Lipinski definition) is 3. The first-order valence-electron chi connectivity index (χ1n) is 4.50. The highest BCUT2D eigenvalue weighted by Crippen LogP contribution is 2.35. The normalized spacial score (nSPS) is 20.2. The standard InChI is InChI=1S/C10H13NO2/c1-2-8-7-4-10(13)9(12)3-6(7)5-11-8/h3-4,8,11-13H,2,5H2,1H3. The molecule has 0 amide bonds. The zero-order valence-corrected chi connectivity index (χ0v) is 7.54. The van der Waals surface area contributed by atoms with Crippen LogP contribution in [0.1, 0.15) is 30.5 Å². The number of fused-ring (bicyclic) bond motifs is 1. The Hall–Kier alpha value is -1.22. The van der Waals surface area contributed by atoms with Crippen molar-refractivity contribution in [3.05, 3.63) is 23.3 Å². The highest BCUT2D eigenvalue weighted by Gasteiger charge is 2.21.